The molecule has 0 aliphatic carbocycles. The first-order valence-corrected chi connectivity index (χ1v) is 12.4. The molecule has 2 fully saturated rings. The minimum Gasteiger partial charge on any atom is -0.493 e. The molecule has 0 aromatic heterocycles. The second-order valence-corrected chi connectivity index (χ2v) is 9.72. The molecule has 8 nitrogen and oxygen atoms in total. The zero-order valence-corrected chi connectivity index (χ0v) is 19.4. The summed E-state index contributed by atoms with van der Waals surface area (Å²) in [6, 6.07) is 17.5. The lowest BCUT2D eigenvalue weighted by Crippen LogP contribution is -2.45. The predicted molar refractivity (Wildman–Crippen MR) is 123 cm³/mol. The van der Waals surface area contributed by atoms with Gasteiger partial charge in [-0.25, -0.2) is 0 Å². The van der Waals surface area contributed by atoms with E-state index in [9.17, 15) is 13.2 Å². The van der Waals surface area contributed by atoms with Gasteiger partial charge < -0.3 is 15.0 Å². The number of carbonyl (C=O) groups excluding carboxylic acids is 1. The van der Waals surface area contributed by atoms with Gasteiger partial charge in [-0.3, -0.25) is 9.35 Å². The van der Waals surface area contributed by atoms with Gasteiger partial charge in [0.2, 0.25) is 5.91 Å². The van der Waals surface area contributed by atoms with Crippen LogP contribution in [0.1, 0.15) is 24.8 Å². The largest absolute Gasteiger partial charge is 0.493 e. The number of hydrogen-bond acceptors (Lipinski definition) is 6. The molecule has 2 aromatic rings. The molecule has 2 saturated heterocycles. The van der Waals surface area contributed by atoms with Crippen LogP contribution in [0.3, 0.4) is 0 Å². The van der Waals surface area contributed by atoms with E-state index in [0.717, 1.165) is 37.1 Å². The van der Waals surface area contributed by atoms with Gasteiger partial charge in [-0.05, 0) is 50.5 Å². The molecule has 33 heavy (non-hydrogen) atoms. The lowest BCUT2D eigenvalue weighted by Gasteiger charge is -2.23. The number of nitriles is 1. The third kappa shape index (κ3) is 7.02. The molecule has 0 saturated carbocycles. The lowest BCUT2D eigenvalue weighted by molar-refractivity contribution is -0.133. The van der Waals surface area contributed by atoms with Gasteiger partial charge in [0.25, 0.3) is 10.1 Å². The van der Waals surface area contributed by atoms with Crippen molar-refractivity contribution >= 4 is 16.0 Å². The van der Waals surface area contributed by atoms with E-state index in [-0.39, 0.29) is 22.9 Å². The van der Waals surface area contributed by atoms with Gasteiger partial charge in [-0.1, -0.05) is 35.9 Å². The Kier molecular flexibility index (Phi) is 8.44. The maximum Gasteiger partial charge on any atom is 0.294 e. The standard InChI is InChI=1S/C17H21N3O2.C7H8O3S/c18-10-14-5-4-8-20(14)17(21)16-9-13(11-19-16)12-22-15-6-2-1-3-7-15;1-6-2-4-7(5-3-6)11(8,9)10/h1-3,6-7,13-14,16,19H,4-5,8-9,11-12H2;2-5H,1H3,(H,8,9,10)/t13?,14-,16-;/m0./s1. The number of nitrogens with zero attached hydrogens (tertiary/aromatic N) is 2. The molecule has 2 N–H and O–H groups in total. The van der Waals surface area contributed by atoms with E-state index in [1.807, 2.05) is 37.3 Å². The fraction of sp³-hybridized carbons (Fsp3) is 0.417. The molecular formula is C24H29N3O5S. The molecule has 0 bridgehead atoms. The fourth-order valence-corrected chi connectivity index (χ4v) is 4.41. The Labute approximate surface area is 194 Å². The molecule has 2 aliphatic rings. The van der Waals surface area contributed by atoms with Crippen LogP contribution in [0.25, 0.3) is 0 Å². The Hall–Kier alpha value is -2.93. The van der Waals surface area contributed by atoms with Crippen LogP contribution in [0.15, 0.2) is 59.5 Å². The first-order valence-electron chi connectivity index (χ1n) is 10.9. The Morgan fingerprint density at radius 2 is 1.91 bits per heavy atom. The number of ether oxygens (including phenoxy) is 1. The maximum atomic E-state index is 12.5. The van der Waals surface area contributed by atoms with Gasteiger partial charge in [0.05, 0.1) is 23.6 Å². The van der Waals surface area contributed by atoms with Crippen LogP contribution in [0, 0.1) is 24.2 Å². The number of benzene rings is 2. The second kappa shape index (κ2) is 11.3. The van der Waals surface area contributed by atoms with Crippen molar-refractivity contribution < 1.29 is 22.5 Å². The first-order chi connectivity index (χ1) is 15.8. The quantitative estimate of drug-likeness (QED) is 0.644. The summed E-state index contributed by atoms with van der Waals surface area (Å²) in [5.74, 6) is 1.27. The Morgan fingerprint density at radius 3 is 2.55 bits per heavy atom. The van der Waals surface area contributed by atoms with Crippen LogP contribution in [0.4, 0.5) is 0 Å². The summed E-state index contributed by atoms with van der Waals surface area (Å²) in [4.78, 5) is 14.2. The van der Waals surface area contributed by atoms with E-state index in [4.69, 9.17) is 14.6 Å². The van der Waals surface area contributed by atoms with E-state index < -0.39 is 10.1 Å². The fourth-order valence-electron chi connectivity index (χ4n) is 3.93. The smallest absolute Gasteiger partial charge is 0.294 e. The number of aryl methyl sites for hydroxylation is 1. The van der Waals surface area contributed by atoms with Gasteiger partial charge in [0, 0.05) is 19.0 Å². The minimum absolute atomic E-state index is 0.0666. The molecular weight excluding hydrogens is 442 g/mol. The summed E-state index contributed by atoms with van der Waals surface area (Å²) < 4.78 is 35.3. The average Bonchev–Trinajstić information content (AvgIpc) is 3.48. The molecule has 2 aromatic carbocycles. The predicted octanol–water partition coefficient (Wildman–Crippen LogP) is 2.80. The van der Waals surface area contributed by atoms with Crippen molar-refractivity contribution in [1.82, 2.24) is 10.2 Å². The number of likely N-dealkylation sites (tertiary alicyclic amines) is 1. The summed E-state index contributed by atoms with van der Waals surface area (Å²) in [6.45, 7) is 3.95. The van der Waals surface area contributed by atoms with Crippen LogP contribution in [0.2, 0.25) is 0 Å². The van der Waals surface area contributed by atoms with Crippen molar-refractivity contribution in [2.75, 3.05) is 19.7 Å². The third-order valence-electron chi connectivity index (χ3n) is 5.75. The van der Waals surface area contributed by atoms with Gasteiger partial charge in [0.15, 0.2) is 0 Å². The zero-order valence-electron chi connectivity index (χ0n) is 18.6. The van der Waals surface area contributed by atoms with Crippen LogP contribution >= 0.6 is 0 Å². The number of para-hydroxylation sites is 1. The minimum atomic E-state index is -4.02. The normalized spacial score (nSPS) is 22.2. The van der Waals surface area contributed by atoms with Crippen LogP contribution in [0.5, 0.6) is 5.75 Å². The highest BCUT2D eigenvalue weighted by Gasteiger charge is 2.37. The van der Waals surface area contributed by atoms with Crippen LogP contribution in [-0.4, -0.2) is 55.6 Å². The number of amides is 1. The van der Waals surface area contributed by atoms with Gasteiger partial charge in [-0.2, -0.15) is 13.7 Å². The van der Waals surface area contributed by atoms with Crippen molar-refractivity contribution in [2.45, 2.75) is 43.2 Å². The Bertz CT molecular complexity index is 1070. The average molecular weight is 472 g/mol. The van der Waals surface area contributed by atoms with E-state index >= 15 is 0 Å². The molecule has 1 amide bonds. The van der Waals surface area contributed by atoms with Crippen molar-refractivity contribution in [1.29, 1.82) is 5.26 Å². The molecule has 3 atom stereocenters. The van der Waals surface area contributed by atoms with Gasteiger partial charge in [-0.15, -0.1) is 0 Å². The summed E-state index contributed by atoms with van der Waals surface area (Å²) in [6.07, 6.45) is 2.51. The summed E-state index contributed by atoms with van der Waals surface area (Å²) in [7, 11) is -4.02. The highest BCUT2D eigenvalue weighted by Crippen LogP contribution is 2.23. The van der Waals surface area contributed by atoms with Crippen LogP contribution in [-0.2, 0) is 14.9 Å². The molecule has 1 unspecified atom stereocenters. The first kappa shape index (κ1) is 24.7. The van der Waals surface area contributed by atoms with E-state index in [2.05, 4.69) is 11.4 Å². The molecule has 176 valence electrons. The highest BCUT2D eigenvalue weighted by molar-refractivity contribution is 7.85. The van der Waals surface area contributed by atoms with Crippen molar-refractivity contribution in [3.05, 3.63) is 60.2 Å². The second-order valence-electron chi connectivity index (χ2n) is 8.29. The lowest BCUT2D eigenvalue weighted by atomic mass is 10.1. The summed E-state index contributed by atoms with van der Waals surface area (Å²) >= 11 is 0. The highest BCUT2D eigenvalue weighted by atomic mass is 32.2. The van der Waals surface area contributed by atoms with Gasteiger partial charge >= 0.3 is 0 Å². The number of nitrogens with one attached hydrogen (secondary N) is 1. The van der Waals surface area contributed by atoms with Crippen LogP contribution < -0.4 is 10.1 Å². The number of hydrogen-bond donors (Lipinski definition) is 2. The Morgan fingerprint density at radius 1 is 1.21 bits per heavy atom. The van der Waals surface area contributed by atoms with Crippen molar-refractivity contribution in [2.24, 2.45) is 5.92 Å². The molecule has 0 radical (unpaired) electrons. The topological polar surface area (TPSA) is 120 Å². The van der Waals surface area contributed by atoms with E-state index in [1.54, 1.807) is 17.0 Å². The monoisotopic (exact) mass is 471 g/mol. The van der Waals surface area contributed by atoms with E-state index in [1.165, 1.54) is 12.1 Å². The molecule has 9 heteroatoms. The van der Waals surface area contributed by atoms with E-state index in [0.29, 0.717) is 19.1 Å². The summed E-state index contributed by atoms with van der Waals surface area (Å²) in [5, 5.41) is 12.4. The van der Waals surface area contributed by atoms with Crippen molar-refractivity contribution in [3.63, 3.8) is 0 Å². The number of rotatable bonds is 5. The molecule has 4 rings (SSSR count). The zero-order chi connectivity index (χ0) is 23.8. The molecule has 0 spiro atoms. The Balaban J connectivity index is 0.000000235. The molecule has 2 heterocycles. The number of carbonyl (C=O) groups is 1. The maximum absolute atomic E-state index is 12.5. The van der Waals surface area contributed by atoms with Gasteiger partial charge in [0.1, 0.15) is 11.8 Å². The van der Waals surface area contributed by atoms with Crippen molar-refractivity contribution in [3.8, 4) is 11.8 Å². The molecule has 2 aliphatic heterocycles. The third-order valence-corrected chi connectivity index (χ3v) is 6.62. The summed E-state index contributed by atoms with van der Waals surface area (Å²) in [5.41, 5.74) is 0.956. The SMILES string of the molecule is Cc1ccc(S(=O)(=O)O)cc1.N#C[C@@H]1CCCN1C(=O)[C@@H]1CC(COc2ccccc2)CN1.